The molecule has 0 aliphatic carbocycles. The highest BCUT2D eigenvalue weighted by atomic mass is 79.9. The van der Waals surface area contributed by atoms with Crippen LogP contribution in [0.4, 0.5) is 5.82 Å². The van der Waals surface area contributed by atoms with Gasteiger partial charge >= 0.3 is 0 Å². The molecule has 2 heterocycles. The first-order valence-electron chi connectivity index (χ1n) is 6.22. The van der Waals surface area contributed by atoms with Crippen LogP contribution in [0.1, 0.15) is 18.4 Å². The number of aryl methyl sites for hydroxylation is 1. The molecule has 1 unspecified atom stereocenters. The van der Waals surface area contributed by atoms with E-state index in [0.717, 1.165) is 35.8 Å². The predicted molar refractivity (Wildman–Crippen MR) is 75.5 cm³/mol. The van der Waals surface area contributed by atoms with E-state index in [1.807, 2.05) is 13.2 Å². The molecule has 4 heteroatoms. The zero-order chi connectivity index (χ0) is 12.3. The second-order valence-corrected chi connectivity index (χ2v) is 5.66. The van der Waals surface area contributed by atoms with Gasteiger partial charge in [-0.15, -0.1) is 0 Å². The third kappa shape index (κ3) is 3.19. The molecule has 1 aliphatic rings. The van der Waals surface area contributed by atoms with Gasteiger partial charge in [0.1, 0.15) is 5.82 Å². The van der Waals surface area contributed by atoms with Crippen molar-refractivity contribution >= 4 is 21.7 Å². The van der Waals surface area contributed by atoms with Crippen LogP contribution in [0.15, 0.2) is 16.7 Å². The number of aromatic nitrogens is 1. The minimum absolute atomic E-state index is 0.750. The summed E-state index contributed by atoms with van der Waals surface area (Å²) in [5, 5.41) is 3.28. The number of nitrogens with one attached hydrogen (secondary N) is 1. The van der Waals surface area contributed by atoms with Crippen molar-refractivity contribution in [3.05, 3.63) is 22.3 Å². The van der Waals surface area contributed by atoms with Gasteiger partial charge in [0.25, 0.3) is 0 Å². The molecule has 1 aliphatic heterocycles. The molecule has 17 heavy (non-hydrogen) atoms. The van der Waals surface area contributed by atoms with Crippen LogP contribution in [0.5, 0.6) is 0 Å². The molecule has 1 N–H and O–H groups in total. The minimum Gasteiger partial charge on any atom is -0.356 e. The molecule has 0 bridgehead atoms. The van der Waals surface area contributed by atoms with Crippen molar-refractivity contribution < 1.29 is 0 Å². The molecule has 94 valence electrons. The molecule has 0 amide bonds. The van der Waals surface area contributed by atoms with Crippen molar-refractivity contribution in [1.29, 1.82) is 0 Å². The Morgan fingerprint density at radius 1 is 1.59 bits per heavy atom. The maximum Gasteiger partial charge on any atom is 0.128 e. The van der Waals surface area contributed by atoms with E-state index in [1.165, 1.54) is 18.4 Å². The van der Waals surface area contributed by atoms with Crippen LogP contribution in [0.2, 0.25) is 0 Å². The van der Waals surface area contributed by atoms with Crippen LogP contribution in [0.3, 0.4) is 0 Å². The summed E-state index contributed by atoms with van der Waals surface area (Å²) in [4.78, 5) is 6.92. The van der Waals surface area contributed by atoms with E-state index >= 15 is 0 Å². The molecule has 0 aromatic carbocycles. The van der Waals surface area contributed by atoms with Crippen molar-refractivity contribution in [2.24, 2.45) is 5.92 Å². The first-order chi connectivity index (χ1) is 8.20. The van der Waals surface area contributed by atoms with E-state index in [2.05, 4.69) is 44.1 Å². The topological polar surface area (TPSA) is 28.2 Å². The maximum absolute atomic E-state index is 4.52. The number of anilines is 1. The molecule has 2 rings (SSSR count). The summed E-state index contributed by atoms with van der Waals surface area (Å²) in [6.45, 7) is 5.47. The summed E-state index contributed by atoms with van der Waals surface area (Å²) in [6.07, 6.45) is 4.50. The molecule has 0 spiro atoms. The Morgan fingerprint density at radius 2 is 2.41 bits per heavy atom. The number of piperidine rings is 1. The van der Waals surface area contributed by atoms with Crippen molar-refractivity contribution in [3.8, 4) is 0 Å². The first kappa shape index (κ1) is 12.8. The number of hydrogen-bond acceptors (Lipinski definition) is 3. The van der Waals surface area contributed by atoms with Gasteiger partial charge in [-0.3, -0.25) is 0 Å². The molecular weight excluding hydrogens is 278 g/mol. The van der Waals surface area contributed by atoms with Crippen LogP contribution in [-0.2, 0) is 0 Å². The van der Waals surface area contributed by atoms with Gasteiger partial charge in [0.05, 0.1) is 0 Å². The number of hydrogen-bond donors (Lipinski definition) is 1. The summed E-state index contributed by atoms with van der Waals surface area (Å²) in [6, 6.07) is 2.17. The van der Waals surface area contributed by atoms with E-state index in [1.54, 1.807) is 0 Å². The Balaban J connectivity index is 2.08. The van der Waals surface area contributed by atoms with Crippen molar-refractivity contribution in [3.63, 3.8) is 0 Å². The molecule has 0 radical (unpaired) electrons. The van der Waals surface area contributed by atoms with Gasteiger partial charge in [0.15, 0.2) is 0 Å². The number of halogens is 1. The smallest absolute Gasteiger partial charge is 0.128 e. The summed E-state index contributed by atoms with van der Waals surface area (Å²) in [7, 11) is 2.03. The Hall–Kier alpha value is -0.610. The fraction of sp³-hybridized carbons (Fsp3) is 0.615. The average molecular weight is 298 g/mol. The van der Waals surface area contributed by atoms with Gasteiger partial charge < -0.3 is 10.2 Å². The SMILES string of the molecule is CNCC1CCCN(c2cc(C)c(Br)cn2)C1. The minimum atomic E-state index is 0.750. The molecule has 1 saturated heterocycles. The van der Waals surface area contributed by atoms with E-state index in [-0.39, 0.29) is 0 Å². The average Bonchev–Trinajstić information content (AvgIpc) is 2.33. The van der Waals surface area contributed by atoms with Crippen molar-refractivity contribution in [1.82, 2.24) is 10.3 Å². The third-order valence-corrected chi connectivity index (χ3v) is 4.20. The highest BCUT2D eigenvalue weighted by molar-refractivity contribution is 9.10. The van der Waals surface area contributed by atoms with Gasteiger partial charge in [0, 0.05) is 23.8 Å². The molecular formula is C13H20BrN3. The van der Waals surface area contributed by atoms with Gasteiger partial charge in [-0.05, 0) is 66.8 Å². The van der Waals surface area contributed by atoms with Crippen molar-refractivity contribution in [2.45, 2.75) is 19.8 Å². The van der Waals surface area contributed by atoms with E-state index in [0.29, 0.717) is 0 Å². The lowest BCUT2D eigenvalue weighted by atomic mass is 9.98. The predicted octanol–water partition coefficient (Wildman–Crippen LogP) is 2.59. The largest absolute Gasteiger partial charge is 0.356 e. The fourth-order valence-corrected chi connectivity index (χ4v) is 2.64. The Kier molecular flexibility index (Phi) is 4.40. The monoisotopic (exact) mass is 297 g/mol. The maximum atomic E-state index is 4.52. The lowest BCUT2D eigenvalue weighted by molar-refractivity contribution is 0.401. The molecule has 1 fully saturated rings. The zero-order valence-electron chi connectivity index (χ0n) is 10.5. The second kappa shape index (κ2) is 5.83. The van der Waals surface area contributed by atoms with E-state index in [4.69, 9.17) is 0 Å². The number of pyridine rings is 1. The number of nitrogens with zero attached hydrogens (tertiary/aromatic N) is 2. The normalized spacial score (nSPS) is 20.6. The zero-order valence-corrected chi connectivity index (χ0v) is 12.1. The van der Waals surface area contributed by atoms with Crippen LogP contribution in [-0.4, -0.2) is 31.7 Å². The molecule has 3 nitrogen and oxygen atoms in total. The lowest BCUT2D eigenvalue weighted by Crippen LogP contribution is -2.39. The third-order valence-electron chi connectivity index (χ3n) is 3.37. The second-order valence-electron chi connectivity index (χ2n) is 4.80. The summed E-state index contributed by atoms with van der Waals surface area (Å²) in [5.74, 6) is 1.87. The van der Waals surface area contributed by atoms with Gasteiger partial charge in [-0.1, -0.05) is 0 Å². The Bertz CT molecular complexity index is 379. The molecule has 1 atom stereocenters. The van der Waals surface area contributed by atoms with Gasteiger partial charge in [-0.25, -0.2) is 4.98 Å². The summed E-state index contributed by atoms with van der Waals surface area (Å²) >= 11 is 3.50. The Labute approximate surface area is 112 Å². The quantitative estimate of drug-likeness (QED) is 0.929. The first-order valence-corrected chi connectivity index (χ1v) is 7.01. The molecule has 1 aromatic heterocycles. The van der Waals surface area contributed by atoms with Gasteiger partial charge in [-0.2, -0.15) is 0 Å². The molecule has 0 saturated carbocycles. The van der Waals surface area contributed by atoms with Crippen LogP contribution in [0, 0.1) is 12.8 Å². The summed E-state index contributed by atoms with van der Waals surface area (Å²) < 4.78 is 1.09. The Morgan fingerprint density at radius 3 is 3.12 bits per heavy atom. The van der Waals surface area contributed by atoms with Gasteiger partial charge in [0.2, 0.25) is 0 Å². The fourth-order valence-electron chi connectivity index (χ4n) is 2.43. The summed E-state index contributed by atoms with van der Waals surface area (Å²) in [5.41, 5.74) is 1.26. The highest BCUT2D eigenvalue weighted by Gasteiger charge is 2.20. The van der Waals surface area contributed by atoms with Crippen LogP contribution >= 0.6 is 15.9 Å². The number of rotatable bonds is 3. The lowest BCUT2D eigenvalue weighted by Gasteiger charge is -2.33. The van der Waals surface area contributed by atoms with E-state index in [9.17, 15) is 0 Å². The van der Waals surface area contributed by atoms with Crippen molar-refractivity contribution in [2.75, 3.05) is 31.6 Å². The molecule has 1 aromatic rings. The van der Waals surface area contributed by atoms with Crippen LogP contribution < -0.4 is 10.2 Å². The van der Waals surface area contributed by atoms with E-state index < -0.39 is 0 Å². The standard InChI is InChI=1S/C13H20BrN3/c1-10-6-13(16-8-12(10)14)17-5-3-4-11(9-17)7-15-2/h6,8,11,15H,3-5,7,9H2,1-2H3. The highest BCUT2D eigenvalue weighted by Crippen LogP contribution is 2.24. The van der Waals surface area contributed by atoms with Crippen LogP contribution in [0.25, 0.3) is 0 Å².